The van der Waals surface area contributed by atoms with Gasteiger partial charge in [0.25, 0.3) is 0 Å². The molecule has 1 amide bonds. The first-order chi connectivity index (χ1) is 14.8. The second-order valence-corrected chi connectivity index (χ2v) is 7.15. The summed E-state index contributed by atoms with van der Waals surface area (Å²) in [4.78, 5) is 47.5. The monoisotopic (exact) mass is 467 g/mol. The van der Waals surface area contributed by atoms with Crippen molar-refractivity contribution in [1.29, 1.82) is 0 Å². The highest BCUT2D eigenvalue weighted by atomic mass is 35.5. The molecule has 0 saturated carbocycles. The maximum Gasteiger partial charge on any atom is 0.408 e. The van der Waals surface area contributed by atoms with Crippen LogP contribution in [0.15, 0.2) is 48.5 Å². The number of nitrogens with one attached hydrogen (secondary N) is 1. The molecule has 0 aliphatic carbocycles. The molecule has 2 rings (SSSR count). The van der Waals surface area contributed by atoms with Crippen LogP contribution in [-0.2, 0) is 37.1 Å². The summed E-state index contributed by atoms with van der Waals surface area (Å²) in [5.74, 6) is -3.51. The number of halogens is 2. The Balaban J connectivity index is 1.90. The van der Waals surface area contributed by atoms with Crippen LogP contribution in [0.25, 0.3) is 0 Å². The van der Waals surface area contributed by atoms with Gasteiger partial charge < -0.3 is 19.9 Å². The van der Waals surface area contributed by atoms with Crippen molar-refractivity contribution in [3.8, 4) is 0 Å². The Hall–Kier alpha value is -2.94. The van der Waals surface area contributed by atoms with E-state index in [1.807, 2.05) is 0 Å². The number of carbonyl (C=O) groups excluding carboxylic acids is 3. The normalized spacial score (nSPS) is 11.4. The molecule has 0 saturated heterocycles. The molecular weight excluding hydrogens is 449 g/mol. The molecular formula is C21H19Cl2NO7. The molecule has 0 bridgehead atoms. The molecule has 2 N–H and O–H groups in total. The minimum absolute atomic E-state index is 0.0870. The second kappa shape index (κ2) is 12.0. The SMILES string of the molecule is O=C(O)C[C@H](NC(=O)OCc1ccccc1)C(=O)C(=O)COCc1c(Cl)cccc1Cl. The van der Waals surface area contributed by atoms with Gasteiger partial charge in [0.15, 0.2) is 0 Å². The molecule has 2 aromatic rings. The van der Waals surface area contributed by atoms with E-state index in [1.54, 1.807) is 48.5 Å². The van der Waals surface area contributed by atoms with E-state index >= 15 is 0 Å². The van der Waals surface area contributed by atoms with Gasteiger partial charge in [-0.15, -0.1) is 0 Å². The first-order valence-corrected chi connectivity index (χ1v) is 9.80. The zero-order valence-electron chi connectivity index (χ0n) is 16.2. The molecule has 0 aliphatic heterocycles. The Labute approximate surface area is 188 Å². The molecule has 164 valence electrons. The van der Waals surface area contributed by atoms with Gasteiger partial charge in [-0.1, -0.05) is 59.6 Å². The first-order valence-electron chi connectivity index (χ1n) is 9.04. The lowest BCUT2D eigenvalue weighted by molar-refractivity contribution is -0.143. The van der Waals surface area contributed by atoms with Gasteiger partial charge in [0.2, 0.25) is 11.6 Å². The Morgan fingerprint density at radius 1 is 0.935 bits per heavy atom. The molecule has 8 nitrogen and oxygen atoms in total. The van der Waals surface area contributed by atoms with E-state index < -0.39 is 42.7 Å². The van der Waals surface area contributed by atoms with Crippen molar-refractivity contribution in [3.05, 3.63) is 69.7 Å². The average molecular weight is 468 g/mol. The molecule has 0 radical (unpaired) electrons. The third-order valence-electron chi connectivity index (χ3n) is 4.02. The Bertz CT molecular complexity index is 930. The molecule has 10 heteroatoms. The van der Waals surface area contributed by atoms with Crippen LogP contribution in [-0.4, -0.2) is 41.4 Å². The third-order valence-corrected chi connectivity index (χ3v) is 4.72. The van der Waals surface area contributed by atoms with E-state index in [0.717, 1.165) is 0 Å². The molecule has 31 heavy (non-hydrogen) atoms. The Morgan fingerprint density at radius 3 is 2.19 bits per heavy atom. The highest BCUT2D eigenvalue weighted by molar-refractivity contribution is 6.40. The average Bonchev–Trinajstić information content (AvgIpc) is 2.73. The quantitative estimate of drug-likeness (QED) is 0.485. The van der Waals surface area contributed by atoms with Crippen LogP contribution in [0.4, 0.5) is 4.79 Å². The summed E-state index contributed by atoms with van der Waals surface area (Å²) < 4.78 is 10.2. The van der Waals surface area contributed by atoms with Gasteiger partial charge in [-0.25, -0.2) is 4.79 Å². The summed E-state index contributed by atoms with van der Waals surface area (Å²) in [6.45, 7) is -0.860. The van der Waals surface area contributed by atoms with Crippen LogP contribution < -0.4 is 5.32 Å². The fourth-order valence-electron chi connectivity index (χ4n) is 2.47. The smallest absolute Gasteiger partial charge is 0.408 e. The number of aliphatic carboxylic acids is 1. The number of benzene rings is 2. The number of amides is 1. The van der Waals surface area contributed by atoms with Crippen LogP contribution in [0.3, 0.4) is 0 Å². The largest absolute Gasteiger partial charge is 0.481 e. The summed E-state index contributed by atoms with van der Waals surface area (Å²) in [6.07, 6.45) is -1.82. The summed E-state index contributed by atoms with van der Waals surface area (Å²) in [5, 5.41) is 11.8. The van der Waals surface area contributed by atoms with E-state index in [1.165, 1.54) is 0 Å². The van der Waals surface area contributed by atoms with E-state index in [2.05, 4.69) is 5.32 Å². The van der Waals surface area contributed by atoms with Crippen molar-refractivity contribution in [2.75, 3.05) is 6.61 Å². The number of rotatable bonds is 11. The van der Waals surface area contributed by atoms with Gasteiger partial charge in [0, 0.05) is 15.6 Å². The number of carbonyl (C=O) groups is 4. The number of ketones is 2. The van der Waals surface area contributed by atoms with Crippen molar-refractivity contribution in [2.24, 2.45) is 0 Å². The van der Waals surface area contributed by atoms with Crippen molar-refractivity contribution in [1.82, 2.24) is 5.32 Å². The molecule has 1 atom stereocenters. The maximum absolute atomic E-state index is 12.3. The number of alkyl carbamates (subject to hydrolysis) is 1. The number of hydrogen-bond donors (Lipinski definition) is 2. The van der Waals surface area contributed by atoms with Crippen LogP contribution in [0.5, 0.6) is 0 Å². The highest BCUT2D eigenvalue weighted by Gasteiger charge is 2.29. The second-order valence-electron chi connectivity index (χ2n) is 6.34. The van der Waals surface area contributed by atoms with Gasteiger partial charge in [0.1, 0.15) is 19.3 Å². The van der Waals surface area contributed by atoms with Crippen LogP contribution >= 0.6 is 23.2 Å². The minimum atomic E-state index is -1.60. The van der Waals surface area contributed by atoms with Crippen LogP contribution in [0, 0.1) is 0 Å². The number of carboxylic acids is 1. The van der Waals surface area contributed by atoms with E-state index in [-0.39, 0.29) is 13.2 Å². The fourth-order valence-corrected chi connectivity index (χ4v) is 2.98. The zero-order chi connectivity index (χ0) is 22.8. The fraction of sp³-hybridized carbons (Fsp3) is 0.238. The molecule has 0 fully saturated rings. The van der Waals surface area contributed by atoms with Crippen LogP contribution in [0.1, 0.15) is 17.5 Å². The zero-order valence-corrected chi connectivity index (χ0v) is 17.7. The van der Waals surface area contributed by atoms with E-state index in [4.69, 9.17) is 37.8 Å². The lowest BCUT2D eigenvalue weighted by Crippen LogP contribution is -2.46. The lowest BCUT2D eigenvalue weighted by atomic mass is 10.1. The Morgan fingerprint density at radius 2 is 1.58 bits per heavy atom. The van der Waals surface area contributed by atoms with Crippen molar-refractivity contribution in [2.45, 2.75) is 25.7 Å². The number of Topliss-reactive ketones (excluding diaryl/α,β-unsaturated/α-hetero) is 2. The standard InChI is InChI=1S/C21H19Cl2NO7/c22-15-7-4-8-16(23)14(15)11-30-12-18(25)20(28)17(9-19(26)27)24-21(29)31-10-13-5-2-1-3-6-13/h1-8,17H,9-12H2,(H,24,29)(H,26,27)/t17-/m0/s1. The van der Waals surface area contributed by atoms with Crippen molar-refractivity contribution < 1.29 is 33.8 Å². The molecule has 0 unspecified atom stereocenters. The van der Waals surface area contributed by atoms with Gasteiger partial charge >= 0.3 is 12.1 Å². The van der Waals surface area contributed by atoms with Gasteiger partial charge in [0.05, 0.1) is 13.0 Å². The summed E-state index contributed by atoms with van der Waals surface area (Å²) in [7, 11) is 0. The predicted molar refractivity (Wildman–Crippen MR) is 112 cm³/mol. The maximum atomic E-state index is 12.3. The molecule has 0 aliphatic rings. The molecule has 0 spiro atoms. The van der Waals surface area contributed by atoms with Gasteiger partial charge in [-0.2, -0.15) is 0 Å². The van der Waals surface area contributed by atoms with Gasteiger partial charge in [-0.05, 0) is 17.7 Å². The third kappa shape index (κ3) is 8.01. The predicted octanol–water partition coefficient (Wildman–Crippen LogP) is 3.42. The lowest BCUT2D eigenvalue weighted by Gasteiger charge is -2.15. The van der Waals surface area contributed by atoms with Gasteiger partial charge in [-0.3, -0.25) is 14.4 Å². The van der Waals surface area contributed by atoms with Crippen molar-refractivity contribution >= 4 is 46.8 Å². The first kappa shape index (κ1) is 24.3. The molecule has 2 aromatic carbocycles. The summed E-state index contributed by atoms with van der Waals surface area (Å²) in [6, 6.07) is 12.0. The van der Waals surface area contributed by atoms with Crippen LogP contribution in [0.2, 0.25) is 10.0 Å². The molecule has 0 heterocycles. The number of ether oxygens (including phenoxy) is 2. The summed E-state index contributed by atoms with van der Waals surface area (Å²) >= 11 is 12.0. The molecule has 0 aromatic heterocycles. The highest BCUT2D eigenvalue weighted by Crippen LogP contribution is 2.24. The minimum Gasteiger partial charge on any atom is -0.481 e. The van der Waals surface area contributed by atoms with Crippen molar-refractivity contribution in [3.63, 3.8) is 0 Å². The number of hydrogen-bond acceptors (Lipinski definition) is 6. The topological polar surface area (TPSA) is 119 Å². The summed E-state index contributed by atoms with van der Waals surface area (Å²) in [5.41, 5.74) is 1.14. The number of carboxylic acid groups (broad SMARTS) is 1. The Kier molecular flexibility index (Phi) is 9.45. The van der Waals surface area contributed by atoms with E-state index in [9.17, 15) is 19.2 Å². The van der Waals surface area contributed by atoms with E-state index in [0.29, 0.717) is 21.2 Å².